The van der Waals surface area contributed by atoms with Crippen LogP contribution in [0.5, 0.6) is 0 Å². The van der Waals surface area contributed by atoms with Gasteiger partial charge in [0.05, 0.1) is 24.2 Å². The zero-order valence-electron chi connectivity index (χ0n) is 20.9. The van der Waals surface area contributed by atoms with Gasteiger partial charge in [0, 0.05) is 6.61 Å². The third-order valence-electron chi connectivity index (χ3n) is 6.05. The van der Waals surface area contributed by atoms with Crippen LogP contribution in [0.3, 0.4) is 0 Å². The lowest BCUT2D eigenvalue weighted by molar-refractivity contribution is 0.0250. The van der Waals surface area contributed by atoms with E-state index in [0.29, 0.717) is 6.61 Å². The number of aliphatic hydroxyl groups excluding tert-OH is 1. The van der Waals surface area contributed by atoms with E-state index >= 15 is 0 Å². The highest BCUT2D eigenvalue weighted by Gasteiger charge is 2.19. The minimum Gasteiger partial charge on any atom is -0.394 e. The molecule has 0 spiro atoms. The first-order valence-electron chi connectivity index (χ1n) is 13.5. The summed E-state index contributed by atoms with van der Waals surface area (Å²) in [5.41, 5.74) is 0. The van der Waals surface area contributed by atoms with Crippen molar-refractivity contribution in [2.24, 2.45) is 0 Å². The maximum absolute atomic E-state index is 12.3. The number of unbranched alkanes of at least 4 members (excludes halogenated alkanes) is 17. The van der Waals surface area contributed by atoms with E-state index in [-0.39, 0.29) is 18.1 Å². The molecule has 0 aromatic heterocycles. The molecule has 0 aliphatic heterocycles. The second-order valence-corrected chi connectivity index (χ2v) is 11.5. The first kappa shape index (κ1) is 30.9. The Hall–Kier alpha value is -0.130. The number of sulfone groups is 1. The second kappa shape index (κ2) is 23.0. The number of rotatable bonds is 25. The van der Waals surface area contributed by atoms with Gasteiger partial charge in [-0.15, -0.1) is 0 Å². The Balaban J connectivity index is 3.64. The van der Waals surface area contributed by atoms with Gasteiger partial charge >= 0.3 is 0 Å². The van der Waals surface area contributed by atoms with Crippen LogP contribution in [0.1, 0.15) is 136 Å². The van der Waals surface area contributed by atoms with Crippen molar-refractivity contribution in [3.63, 3.8) is 0 Å². The summed E-state index contributed by atoms with van der Waals surface area (Å²) < 4.78 is 30.3. The molecule has 0 radical (unpaired) electrons. The van der Waals surface area contributed by atoms with Crippen LogP contribution in [0.15, 0.2) is 0 Å². The molecule has 0 amide bonds. The third-order valence-corrected chi connectivity index (χ3v) is 7.84. The molecule has 0 saturated carbocycles. The maximum atomic E-state index is 12.3. The monoisotopic (exact) mass is 462 g/mol. The molecule has 1 unspecified atom stereocenters. The predicted molar refractivity (Wildman–Crippen MR) is 135 cm³/mol. The molecule has 188 valence electrons. The van der Waals surface area contributed by atoms with Crippen molar-refractivity contribution < 1.29 is 18.3 Å². The summed E-state index contributed by atoms with van der Waals surface area (Å²) in [6.07, 6.45) is 22.6. The first-order chi connectivity index (χ1) is 15.1. The zero-order chi connectivity index (χ0) is 23.0. The van der Waals surface area contributed by atoms with Gasteiger partial charge in [0.1, 0.15) is 0 Å². The van der Waals surface area contributed by atoms with E-state index in [9.17, 15) is 13.5 Å². The molecule has 5 heteroatoms. The largest absolute Gasteiger partial charge is 0.394 e. The highest BCUT2D eigenvalue weighted by atomic mass is 32.2. The number of aliphatic hydroxyl groups is 1. The fraction of sp³-hybridized carbons (Fsp3) is 1.00. The molecule has 0 rings (SSSR count). The summed E-state index contributed by atoms with van der Waals surface area (Å²) in [5.74, 6) is 0.180. The standard InChI is InChI=1S/C26H54O4S/c1-3-5-7-9-11-13-14-16-18-20-22-30-26(24-27)25-31(28,29)23-21-19-17-15-12-10-8-6-4-2/h26-27H,3-25H2,1-2H3. The lowest BCUT2D eigenvalue weighted by atomic mass is 10.1. The molecular formula is C26H54O4S. The fourth-order valence-corrected chi connectivity index (χ4v) is 5.57. The van der Waals surface area contributed by atoms with E-state index in [1.54, 1.807) is 0 Å². The minimum atomic E-state index is -3.15. The van der Waals surface area contributed by atoms with Gasteiger partial charge in [-0.2, -0.15) is 0 Å². The topological polar surface area (TPSA) is 63.6 Å². The van der Waals surface area contributed by atoms with Gasteiger partial charge in [0.25, 0.3) is 0 Å². The Morgan fingerprint density at radius 1 is 0.613 bits per heavy atom. The van der Waals surface area contributed by atoms with Gasteiger partial charge in [0.15, 0.2) is 9.84 Å². The van der Waals surface area contributed by atoms with E-state index in [0.717, 1.165) is 32.1 Å². The summed E-state index contributed by atoms with van der Waals surface area (Å²) in [6.45, 7) is 4.81. The number of ether oxygens (including phenoxy) is 1. The average molecular weight is 463 g/mol. The first-order valence-corrected chi connectivity index (χ1v) is 15.3. The third kappa shape index (κ3) is 22.8. The molecule has 4 nitrogen and oxygen atoms in total. The van der Waals surface area contributed by atoms with Gasteiger partial charge < -0.3 is 9.84 Å². The fourth-order valence-electron chi connectivity index (χ4n) is 3.99. The Labute approximate surface area is 194 Å². The highest BCUT2D eigenvalue weighted by Crippen LogP contribution is 2.12. The summed E-state index contributed by atoms with van der Waals surface area (Å²) >= 11 is 0. The average Bonchev–Trinajstić information content (AvgIpc) is 2.75. The molecule has 0 fully saturated rings. The summed E-state index contributed by atoms with van der Waals surface area (Å²) in [6, 6.07) is 0. The van der Waals surface area contributed by atoms with E-state index < -0.39 is 15.9 Å². The van der Waals surface area contributed by atoms with Crippen molar-refractivity contribution in [3.8, 4) is 0 Å². The van der Waals surface area contributed by atoms with E-state index in [1.807, 2.05) is 0 Å². The lowest BCUT2D eigenvalue weighted by Gasteiger charge is -2.15. The SMILES string of the molecule is CCCCCCCCCCCCOC(CO)CS(=O)(=O)CCCCCCCCCCC. The van der Waals surface area contributed by atoms with Crippen LogP contribution in [0.25, 0.3) is 0 Å². The quantitative estimate of drug-likeness (QED) is 0.145. The van der Waals surface area contributed by atoms with Crippen molar-refractivity contribution in [1.29, 1.82) is 0 Å². The molecule has 0 aromatic carbocycles. The Morgan fingerprint density at radius 2 is 1.00 bits per heavy atom. The minimum absolute atomic E-state index is 0.0434. The van der Waals surface area contributed by atoms with Crippen LogP contribution >= 0.6 is 0 Å². The molecule has 0 aliphatic carbocycles. The molecule has 31 heavy (non-hydrogen) atoms. The molecular weight excluding hydrogens is 408 g/mol. The van der Waals surface area contributed by atoms with Gasteiger partial charge in [-0.3, -0.25) is 0 Å². The molecule has 0 bridgehead atoms. The van der Waals surface area contributed by atoms with E-state index in [4.69, 9.17) is 4.74 Å². The Morgan fingerprint density at radius 3 is 1.42 bits per heavy atom. The zero-order valence-corrected chi connectivity index (χ0v) is 21.7. The van der Waals surface area contributed by atoms with Gasteiger partial charge in [-0.1, -0.05) is 123 Å². The van der Waals surface area contributed by atoms with E-state index in [1.165, 1.54) is 89.9 Å². The summed E-state index contributed by atoms with van der Waals surface area (Å²) in [5, 5.41) is 9.49. The smallest absolute Gasteiger partial charge is 0.152 e. The molecule has 1 N–H and O–H groups in total. The Bertz CT molecular complexity index is 450. The molecule has 0 heterocycles. The summed E-state index contributed by atoms with van der Waals surface area (Å²) in [7, 11) is -3.15. The van der Waals surface area contributed by atoms with Crippen LogP contribution in [0, 0.1) is 0 Å². The normalized spacial score (nSPS) is 13.0. The Kier molecular flexibility index (Phi) is 22.9. The van der Waals surface area contributed by atoms with Crippen LogP contribution in [0.2, 0.25) is 0 Å². The van der Waals surface area contributed by atoms with Crippen molar-refractivity contribution in [1.82, 2.24) is 0 Å². The molecule has 0 aliphatic rings. The van der Waals surface area contributed by atoms with Crippen molar-refractivity contribution in [2.75, 3.05) is 24.7 Å². The lowest BCUT2D eigenvalue weighted by Crippen LogP contribution is -2.29. The van der Waals surface area contributed by atoms with Crippen LogP contribution in [-0.2, 0) is 14.6 Å². The van der Waals surface area contributed by atoms with Crippen LogP contribution in [0.4, 0.5) is 0 Å². The summed E-state index contributed by atoms with van der Waals surface area (Å²) in [4.78, 5) is 0. The molecule has 0 aromatic rings. The van der Waals surface area contributed by atoms with Crippen molar-refractivity contribution in [2.45, 2.75) is 142 Å². The molecule has 1 atom stereocenters. The van der Waals surface area contributed by atoms with Gasteiger partial charge in [-0.25, -0.2) is 8.42 Å². The van der Waals surface area contributed by atoms with Crippen LogP contribution in [-0.4, -0.2) is 44.3 Å². The second-order valence-electron chi connectivity index (χ2n) is 9.30. The molecule has 0 saturated heterocycles. The van der Waals surface area contributed by atoms with Crippen LogP contribution < -0.4 is 0 Å². The number of hydrogen-bond donors (Lipinski definition) is 1. The predicted octanol–water partition coefficient (Wildman–Crippen LogP) is 7.23. The van der Waals surface area contributed by atoms with Crippen molar-refractivity contribution in [3.05, 3.63) is 0 Å². The highest BCUT2D eigenvalue weighted by molar-refractivity contribution is 7.91. The van der Waals surface area contributed by atoms with Gasteiger partial charge in [0.2, 0.25) is 0 Å². The maximum Gasteiger partial charge on any atom is 0.152 e. The van der Waals surface area contributed by atoms with Crippen molar-refractivity contribution >= 4 is 9.84 Å². The van der Waals surface area contributed by atoms with Gasteiger partial charge in [-0.05, 0) is 12.8 Å². The number of hydrogen-bond acceptors (Lipinski definition) is 4. The van der Waals surface area contributed by atoms with E-state index in [2.05, 4.69) is 13.8 Å².